The van der Waals surface area contributed by atoms with E-state index in [0.717, 1.165) is 0 Å². The molecule has 0 spiro atoms. The lowest BCUT2D eigenvalue weighted by molar-refractivity contribution is 0.733. The summed E-state index contributed by atoms with van der Waals surface area (Å²) in [6.45, 7) is 0. The first kappa shape index (κ1) is 27.2. The predicted molar refractivity (Wildman–Crippen MR) is 204 cm³/mol. The smallest absolute Gasteiger partial charge is 0.0138 e. The van der Waals surface area contributed by atoms with Crippen molar-refractivity contribution in [2.75, 3.05) is 0 Å². The molecule has 0 fully saturated rings. The zero-order chi connectivity index (χ0) is 31.6. The fourth-order valence-electron chi connectivity index (χ4n) is 8.33. The minimum Gasteiger partial charge on any atom is -0.0754 e. The van der Waals surface area contributed by atoms with Crippen LogP contribution in [0.5, 0.6) is 0 Å². The van der Waals surface area contributed by atoms with Crippen LogP contribution in [0.15, 0.2) is 176 Å². The maximum atomic E-state index is 2.54. The van der Waals surface area contributed by atoms with E-state index in [1.54, 1.807) is 0 Å². The summed E-state index contributed by atoms with van der Waals surface area (Å²) in [5.41, 5.74) is 13.1. The highest BCUT2D eigenvalue weighted by Crippen LogP contribution is 2.54. The van der Waals surface area contributed by atoms with Crippen LogP contribution in [0.2, 0.25) is 0 Å². The molecule has 0 aromatic heterocycles. The summed E-state index contributed by atoms with van der Waals surface area (Å²) in [5.74, 6) is 0.428. The fraction of sp³-hybridized carbons (Fsp3) is 0.0417. The van der Waals surface area contributed by atoms with Crippen molar-refractivity contribution >= 4 is 44.0 Å². The Kier molecular flexibility index (Phi) is 6.11. The van der Waals surface area contributed by atoms with E-state index in [1.165, 1.54) is 88.0 Å². The molecule has 2 atom stereocenters. The second kappa shape index (κ2) is 10.8. The highest BCUT2D eigenvalue weighted by Gasteiger charge is 2.35. The van der Waals surface area contributed by atoms with Gasteiger partial charge in [0.2, 0.25) is 0 Å². The van der Waals surface area contributed by atoms with Gasteiger partial charge in [-0.15, -0.1) is 0 Å². The Labute approximate surface area is 281 Å². The molecule has 0 radical (unpaired) electrons. The fourth-order valence-corrected chi connectivity index (χ4v) is 8.33. The summed E-state index contributed by atoms with van der Waals surface area (Å²) in [5, 5.41) is 7.81. The third kappa shape index (κ3) is 4.23. The summed E-state index contributed by atoms with van der Waals surface area (Å²) in [6.07, 6.45) is 7.45. The number of hydrogen-bond acceptors (Lipinski definition) is 0. The minimum atomic E-state index is 0.205. The molecule has 0 bridgehead atoms. The number of benzene rings is 8. The van der Waals surface area contributed by atoms with Crippen LogP contribution in [-0.2, 0) is 0 Å². The van der Waals surface area contributed by atoms with Gasteiger partial charge in [0.05, 0.1) is 0 Å². The van der Waals surface area contributed by atoms with Gasteiger partial charge in [0.1, 0.15) is 0 Å². The van der Waals surface area contributed by atoms with Gasteiger partial charge in [-0.2, -0.15) is 0 Å². The Balaban J connectivity index is 1.29. The summed E-state index contributed by atoms with van der Waals surface area (Å²) >= 11 is 0. The molecule has 0 heterocycles. The molecule has 2 aliphatic rings. The maximum Gasteiger partial charge on any atom is 0.0138 e. The van der Waals surface area contributed by atoms with Crippen LogP contribution in [0.4, 0.5) is 0 Å². The highest BCUT2D eigenvalue weighted by atomic mass is 14.4. The molecule has 8 aromatic rings. The molecule has 0 aliphatic heterocycles. The van der Waals surface area contributed by atoms with Crippen LogP contribution >= 0.6 is 0 Å². The first-order valence-electron chi connectivity index (χ1n) is 16.9. The Morgan fingerprint density at radius 2 is 1.04 bits per heavy atom. The van der Waals surface area contributed by atoms with E-state index in [4.69, 9.17) is 0 Å². The average Bonchev–Trinajstić information content (AvgIpc) is 3.16. The SMILES string of the molecule is C1=CC2c3c(ccc4c(-c5ccc6ccccc6c5)cc(-c5ccccc5)c1c34)C(c1ccccc1)=CC2c1ccc2ccccc2c1. The lowest BCUT2D eigenvalue weighted by atomic mass is 9.67. The van der Waals surface area contributed by atoms with E-state index in [2.05, 4.69) is 182 Å². The maximum absolute atomic E-state index is 2.54. The lowest BCUT2D eigenvalue weighted by Gasteiger charge is -2.36. The van der Waals surface area contributed by atoms with Gasteiger partial charge in [0, 0.05) is 11.8 Å². The molecular weight excluding hydrogens is 577 g/mol. The molecule has 2 aliphatic carbocycles. The van der Waals surface area contributed by atoms with E-state index in [-0.39, 0.29) is 11.8 Å². The lowest BCUT2D eigenvalue weighted by Crippen LogP contribution is -2.18. The number of rotatable bonds is 4. The van der Waals surface area contributed by atoms with E-state index < -0.39 is 0 Å². The van der Waals surface area contributed by atoms with E-state index in [1.807, 2.05) is 0 Å². The van der Waals surface area contributed by atoms with Crippen molar-refractivity contribution in [2.24, 2.45) is 0 Å². The Bertz CT molecular complexity index is 2600. The number of fused-ring (bicyclic) bond motifs is 2. The first-order valence-corrected chi connectivity index (χ1v) is 16.9. The third-order valence-corrected chi connectivity index (χ3v) is 10.6. The Hall–Kier alpha value is -5.98. The van der Waals surface area contributed by atoms with Crippen molar-refractivity contribution < 1.29 is 0 Å². The van der Waals surface area contributed by atoms with Crippen LogP contribution < -0.4 is 0 Å². The monoisotopic (exact) mass is 608 g/mol. The van der Waals surface area contributed by atoms with Crippen molar-refractivity contribution in [1.29, 1.82) is 0 Å². The molecule has 2 unspecified atom stereocenters. The predicted octanol–water partition coefficient (Wildman–Crippen LogP) is 12.8. The van der Waals surface area contributed by atoms with Crippen molar-refractivity contribution in [1.82, 2.24) is 0 Å². The largest absolute Gasteiger partial charge is 0.0754 e. The molecule has 224 valence electrons. The summed E-state index contributed by atoms with van der Waals surface area (Å²) in [6, 6.07) is 60.5. The molecule has 0 N–H and O–H groups in total. The van der Waals surface area contributed by atoms with E-state index in [9.17, 15) is 0 Å². The third-order valence-electron chi connectivity index (χ3n) is 10.6. The van der Waals surface area contributed by atoms with Gasteiger partial charge in [-0.05, 0) is 100 Å². The molecule has 0 saturated carbocycles. The van der Waals surface area contributed by atoms with Crippen LogP contribution in [0.3, 0.4) is 0 Å². The van der Waals surface area contributed by atoms with Gasteiger partial charge in [0.25, 0.3) is 0 Å². The van der Waals surface area contributed by atoms with Crippen LogP contribution in [0.1, 0.15) is 39.7 Å². The second-order valence-electron chi connectivity index (χ2n) is 13.2. The van der Waals surface area contributed by atoms with E-state index in [0.29, 0.717) is 0 Å². The molecule has 10 rings (SSSR count). The van der Waals surface area contributed by atoms with Gasteiger partial charge in [-0.25, -0.2) is 0 Å². The number of allylic oxidation sites excluding steroid dienone is 2. The molecular formula is C48H32. The number of hydrogen-bond donors (Lipinski definition) is 0. The highest BCUT2D eigenvalue weighted by molar-refractivity contribution is 6.11. The second-order valence-corrected chi connectivity index (χ2v) is 13.2. The van der Waals surface area contributed by atoms with E-state index >= 15 is 0 Å². The molecule has 0 amide bonds. The quantitative estimate of drug-likeness (QED) is 0.186. The first-order chi connectivity index (χ1) is 23.8. The summed E-state index contributed by atoms with van der Waals surface area (Å²) in [4.78, 5) is 0. The minimum absolute atomic E-state index is 0.205. The molecule has 0 saturated heterocycles. The topological polar surface area (TPSA) is 0 Å². The molecule has 48 heavy (non-hydrogen) atoms. The van der Waals surface area contributed by atoms with Crippen molar-refractivity contribution in [2.45, 2.75) is 11.8 Å². The van der Waals surface area contributed by atoms with Gasteiger partial charge in [-0.1, -0.05) is 170 Å². The standard InChI is InChI=1S/C48H32/c1-3-13-33(14-4-1)43-29-45(37-21-19-31-11-7-9-17-35(31)27-37)41-26-24-40-44(34-15-5-2-6-16-34)30-46(42-25-23-39(43)47(41)48(40)42)38-22-20-32-12-8-10-18-36(32)28-38/h1-30,41,45H. The van der Waals surface area contributed by atoms with Crippen LogP contribution in [0.25, 0.3) is 66.2 Å². The normalized spacial score (nSPS) is 16.4. The Morgan fingerprint density at radius 1 is 0.396 bits per heavy atom. The van der Waals surface area contributed by atoms with Gasteiger partial charge >= 0.3 is 0 Å². The van der Waals surface area contributed by atoms with Gasteiger partial charge in [-0.3, -0.25) is 0 Å². The average molecular weight is 609 g/mol. The van der Waals surface area contributed by atoms with Gasteiger partial charge in [0.15, 0.2) is 0 Å². The zero-order valence-electron chi connectivity index (χ0n) is 26.5. The Morgan fingerprint density at radius 3 is 1.79 bits per heavy atom. The van der Waals surface area contributed by atoms with Crippen molar-refractivity contribution in [3.63, 3.8) is 0 Å². The van der Waals surface area contributed by atoms with Gasteiger partial charge < -0.3 is 0 Å². The van der Waals surface area contributed by atoms with Crippen LogP contribution in [-0.4, -0.2) is 0 Å². The van der Waals surface area contributed by atoms with Crippen molar-refractivity contribution in [3.8, 4) is 22.3 Å². The summed E-state index contributed by atoms with van der Waals surface area (Å²) in [7, 11) is 0. The van der Waals surface area contributed by atoms with Crippen molar-refractivity contribution in [3.05, 3.63) is 204 Å². The van der Waals surface area contributed by atoms with Crippen LogP contribution in [0, 0.1) is 0 Å². The molecule has 8 aromatic carbocycles. The molecule has 0 heteroatoms. The summed E-state index contributed by atoms with van der Waals surface area (Å²) < 4.78 is 0. The zero-order valence-corrected chi connectivity index (χ0v) is 26.5. The molecule has 0 nitrogen and oxygen atoms in total.